The Morgan fingerprint density at radius 1 is 1.19 bits per heavy atom. The Morgan fingerprint density at radius 2 is 1.95 bits per heavy atom. The average molecular weight is 305 g/mol. The van der Waals surface area contributed by atoms with Crippen LogP contribution in [0.2, 0.25) is 0 Å². The lowest BCUT2D eigenvalue weighted by Crippen LogP contribution is -2.13. The Kier molecular flexibility index (Phi) is 3.13. The highest BCUT2D eigenvalue weighted by atomic mass is 32.2. The van der Waals surface area contributed by atoms with E-state index in [0.29, 0.717) is 16.5 Å². The number of aromatic nitrogens is 2. The lowest BCUT2D eigenvalue weighted by molar-refractivity contribution is 0.593. The van der Waals surface area contributed by atoms with Gasteiger partial charge >= 0.3 is 0 Å². The molecule has 0 amide bonds. The zero-order valence-electron chi connectivity index (χ0n) is 11.1. The number of hydrogen-bond acceptors (Lipinski definition) is 3. The number of fused-ring (bicyclic) bond motifs is 1. The van der Waals surface area contributed by atoms with E-state index in [1.807, 2.05) is 6.07 Å². The van der Waals surface area contributed by atoms with E-state index in [9.17, 15) is 12.8 Å². The number of aromatic amines is 1. The Balaban J connectivity index is 2.01. The molecule has 21 heavy (non-hydrogen) atoms. The molecule has 0 aliphatic carbocycles. The summed E-state index contributed by atoms with van der Waals surface area (Å²) in [6, 6.07) is 10.9. The number of nitrogens with one attached hydrogen (secondary N) is 2. The van der Waals surface area contributed by atoms with Gasteiger partial charge in [0.05, 0.1) is 10.4 Å². The first-order valence-electron chi connectivity index (χ1n) is 6.19. The van der Waals surface area contributed by atoms with Crippen molar-refractivity contribution >= 4 is 26.7 Å². The fourth-order valence-electron chi connectivity index (χ4n) is 1.97. The number of nitrogens with zero attached hydrogens (tertiary/aromatic N) is 1. The van der Waals surface area contributed by atoms with Crippen LogP contribution in [-0.4, -0.2) is 18.6 Å². The first-order valence-corrected chi connectivity index (χ1v) is 7.68. The van der Waals surface area contributed by atoms with Crippen LogP contribution in [0.4, 0.5) is 10.2 Å². The summed E-state index contributed by atoms with van der Waals surface area (Å²) >= 11 is 0. The summed E-state index contributed by atoms with van der Waals surface area (Å²) in [5, 5.41) is 7.32. The molecule has 0 fully saturated rings. The number of rotatable bonds is 3. The van der Waals surface area contributed by atoms with Crippen molar-refractivity contribution in [3.05, 3.63) is 53.8 Å². The van der Waals surface area contributed by atoms with Gasteiger partial charge in [-0.3, -0.25) is 9.82 Å². The van der Waals surface area contributed by atoms with E-state index in [0.717, 1.165) is 6.07 Å². The third-order valence-corrected chi connectivity index (χ3v) is 4.49. The molecule has 0 spiro atoms. The molecule has 5 nitrogen and oxygen atoms in total. The molecule has 2 aromatic carbocycles. The SMILES string of the molecule is Cc1ccc(S(=O)(=O)Nc2n[nH]c3ccccc23)cc1F. The smallest absolute Gasteiger partial charge is 0.263 e. The summed E-state index contributed by atoms with van der Waals surface area (Å²) in [4.78, 5) is -0.141. The third kappa shape index (κ3) is 2.47. The van der Waals surface area contributed by atoms with Crippen LogP contribution in [0.1, 0.15) is 5.56 Å². The second kappa shape index (κ2) is 4.85. The molecule has 0 aliphatic rings. The number of sulfonamides is 1. The van der Waals surface area contributed by atoms with Crippen LogP contribution in [0.3, 0.4) is 0 Å². The predicted octanol–water partition coefficient (Wildman–Crippen LogP) is 2.81. The normalized spacial score (nSPS) is 11.7. The minimum atomic E-state index is -3.89. The van der Waals surface area contributed by atoms with Crippen LogP contribution < -0.4 is 4.72 Å². The van der Waals surface area contributed by atoms with E-state index < -0.39 is 15.8 Å². The monoisotopic (exact) mass is 305 g/mol. The van der Waals surface area contributed by atoms with Crippen LogP contribution in [-0.2, 0) is 10.0 Å². The molecule has 0 atom stereocenters. The van der Waals surface area contributed by atoms with Crippen LogP contribution in [0.15, 0.2) is 47.4 Å². The van der Waals surface area contributed by atoms with E-state index in [4.69, 9.17) is 0 Å². The molecular weight excluding hydrogens is 293 g/mol. The van der Waals surface area contributed by atoms with Crippen molar-refractivity contribution in [1.82, 2.24) is 10.2 Å². The maximum absolute atomic E-state index is 13.5. The predicted molar refractivity (Wildman–Crippen MR) is 78.0 cm³/mol. The number of hydrogen-bond donors (Lipinski definition) is 2. The van der Waals surface area contributed by atoms with Gasteiger partial charge in [-0.2, -0.15) is 5.10 Å². The zero-order valence-corrected chi connectivity index (χ0v) is 11.9. The fraction of sp³-hybridized carbons (Fsp3) is 0.0714. The van der Waals surface area contributed by atoms with E-state index in [-0.39, 0.29) is 10.7 Å². The maximum atomic E-state index is 13.5. The second-order valence-corrected chi connectivity index (χ2v) is 6.32. The maximum Gasteiger partial charge on any atom is 0.263 e. The molecule has 0 saturated heterocycles. The van der Waals surface area contributed by atoms with Crippen molar-refractivity contribution in [2.24, 2.45) is 0 Å². The number of anilines is 1. The standard InChI is InChI=1S/C14H12FN3O2S/c1-9-6-7-10(8-12(9)15)21(19,20)18-14-11-4-2-3-5-13(11)16-17-14/h2-8H,1H3,(H2,16,17,18). The highest BCUT2D eigenvalue weighted by Gasteiger charge is 2.18. The lowest BCUT2D eigenvalue weighted by Gasteiger charge is -2.07. The highest BCUT2D eigenvalue weighted by Crippen LogP contribution is 2.23. The quantitative estimate of drug-likeness (QED) is 0.781. The Morgan fingerprint density at radius 3 is 2.71 bits per heavy atom. The minimum Gasteiger partial charge on any atom is -0.276 e. The summed E-state index contributed by atoms with van der Waals surface area (Å²) in [6.07, 6.45) is 0. The molecule has 0 bridgehead atoms. The van der Waals surface area contributed by atoms with Gasteiger partial charge < -0.3 is 0 Å². The van der Waals surface area contributed by atoms with Crippen LogP contribution in [0.5, 0.6) is 0 Å². The molecule has 0 radical (unpaired) electrons. The van der Waals surface area contributed by atoms with E-state index in [1.54, 1.807) is 25.1 Å². The molecule has 1 aromatic heterocycles. The van der Waals surface area contributed by atoms with Crippen molar-refractivity contribution in [3.8, 4) is 0 Å². The fourth-order valence-corrected chi connectivity index (χ4v) is 3.00. The van der Waals surface area contributed by atoms with Crippen molar-refractivity contribution in [3.63, 3.8) is 0 Å². The van der Waals surface area contributed by atoms with Gasteiger partial charge in [0.25, 0.3) is 10.0 Å². The van der Waals surface area contributed by atoms with E-state index in [1.165, 1.54) is 12.1 Å². The Labute approximate surface area is 120 Å². The molecule has 2 N–H and O–H groups in total. The van der Waals surface area contributed by atoms with Crippen LogP contribution in [0.25, 0.3) is 10.9 Å². The highest BCUT2D eigenvalue weighted by molar-refractivity contribution is 7.92. The van der Waals surface area contributed by atoms with E-state index >= 15 is 0 Å². The number of aryl methyl sites for hydroxylation is 1. The second-order valence-electron chi connectivity index (χ2n) is 4.63. The third-order valence-electron chi connectivity index (χ3n) is 3.15. The van der Waals surface area contributed by atoms with Crippen molar-refractivity contribution in [2.75, 3.05) is 4.72 Å². The van der Waals surface area contributed by atoms with Gasteiger partial charge in [0.1, 0.15) is 5.82 Å². The summed E-state index contributed by atoms with van der Waals surface area (Å²) in [6.45, 7) is 1.57. The minimum absolute atomic E-state index is 0.141. The molecule has 0 saturated carbocycles. The van der Waals surface area contributed by atoms with Crippen molar-refractivity contribution in [2.45, 2.75) is 11.8 Å². The van der Waals surface area contributed by atoms with Crippen molar-refractivity contribution in [1.29, 1.82) is 0 Å². The number of para-hydroxylation sites is 1. The number of halogens is 1. The lowest BCUT2D eigenvalue weighted by atomic mass is 10.2. The Bertz CT molecular complexity index is 919. The summed E-state index contributed by atoms with van der Waals surface area (Å²) in [5.41, 5.74) is 1.10. The van der Waals surface area contributed by atoms with Gasteiger partial charge in [-0.15, -0.1) is 0 Å². The first-order chi connectivity index (χ1) is 9.97. The number of benzene rings is 2. The van der Waals surface area contributed by atoms with Gasteiger partial charge in [-0.25, -0.2) is 12.8 Å². The van der Waals surface area contributed by atoms with Gasteiger partial charge in [0.2, 0.25) is 0 Å². The molecule has 3 rings (SSSR count). The zero-order chi connectivity index (χ0) is 15.0. The van der Waals surface area contributed by atoms with Crippen molar-refractivity contribution < 1.29 is 12.8 Å². The number of H-pyrrole nitrogens is 1. The molecule has 3 aromatic rings. The van der Waals surface area contributed by atoms with Crippen LogP contribution in [0, 0.1) is 12.7 Å². The van der Waals surface area contributed by atoms with Gasteiger partial charge in [0, 0.05) is 5.39 Å². The largest absolute Gasteiger partial charge is 0.276 e. The molecular formula is C14H12FN3O2S. The van der Waals surface area contributed by atoms with Gasteiger partial charge in [-0.05, 0) is 36.8 Å². The molecule has 108 valence electrons. The summed E-state index contributed by atoms with van der Waals surface area (Å²) < 4.78 is 40.4. The van der Waals surface area contributed by atoms with Gasteiger partial charge in [-0.1, -0.05) is 18.2 Å². The molecule has 7 heteroatoms. The molecule has 1 heterocycles. The molecule has 0 aliphatic heterocycles. The molecule has 0 unspecified atom stereocenters. The summed E-state index contributed by atoms with van der Waals surface area (Å²) in [5.74, 6) is -0.378. The topological polar surface area (TPSA) is 74.8 Å². The summed E-state index contributed by atoms with van der Waals surface area (Å²) in [7, 11) is -3.89. The Hall–Kier alpha value is -2.41. The van der Waals surface area contributed by atoms with Crippen LogP contribution >= 0.6 is 0 Å². The van der Waals surface area contributed by atoms with Gasteiger partial charge in [0.15, 0.2) is 5.82 Å². The first kappa shape index (κ1) is 13.6. The van der Waals surface area contributed by atoms with E-state index in [2.05, 4.69) is 14.9 Å². The average Bonchev–Trinajstić information content (AvgIpc) is 2.85.